The highest BCUT2D eigenvalue weighted by Gasteiger charge is 2.24. The van der Waals surface area contributed by atoms with Crippen molar-refractivity contribution in [1.82, 2.24) is 30.3 Å². The number of aromatic amines is 1. The van der Waals surface area contributed by atoms with Crippen LogP contribution in [0.4, 0.5) is 5.82 Å². The smallest absolute Gasteiger partial charge is 0.260 e. The van der Waals surface area contributed by atoms with Crippen molar-refractivity contribution in [2.24, 2.45) is 0 Å². The van der Waals surface area contributed by atoms with Crippen molar-refractivity contribution in [2.45, 2.75) is 45.1 Å². The molecule has 0 spiro atoms. The summed E-state index contributed by atoms with van der Waals surface area (Å²) < 4.78 is 1.94. The second-order valence-electron chi connectivity index (χ2n) is 8.03. The average molecular weight is 420 g/mol. The molecule has 3 heterocycles. The van der Waals surface area contributed by atoms with Gasteiger partial charge in [-0.3, -0.25) is 14.9 Å². The second-order valence-corrected chi connectivity index (χ2v) is 8.03. The Bertz CT molecular complexity index is 1040. The van der Waals surface area contributed by atoms with Crippen molar-refractivity contribution in [3.8, 4) is 0 Å². The molecule has 4 rings (SSSR count). The highest BCUT2D eigenvalue weighted by molar-refractivity contribution is 6.04. The van der Waals surface area contributed by atoms with Crippen LogP contribution in [0.5, 0.6) is 0 Å². The van der Waals surface area contributed by atoms with Crippen molar-refractivity contribution in [1.29, 1.82) is 0 Å². The highest BCUT2D eigenvalue weighted by Crippen LogP contribution is 2.30. The van der Waals surface area contributed by atoms with Crippen molar-refractivity contribution >= 4 is 11.7 Å². The number of nitrogens with zero attached hydrogens (tertiary/aromatic N) is 4. The quantitative estimate of drug-likeness (QED) is 0.703. The van der Waals surface area contributed by atoms with Crippen LogP contribution in [0.15, 0.2) is 54.5 Å². The molecule has 2 atom stereocenters. The Hall–Kier alpha value is -3.26. The normalized spacial score (nSPS) is 20.6. The lowest BCUT2D eigenvalue weighted by molar-refractivity contribution is 0.102. The molecule has 2 aromatic heterocycles. The van der Waals surface area contributed by atoms with E-state index in [0.717, 1.165) is 38.0 Å². The first-order valence-electron chi connectivity index (χ1n) is 10.8. The molecule has 162 valence electrons. The Morgan fingerprint density at radius 1 is 1.32 bits per heavy atom. The predicted octanol–water partition coefficient (Wildman–Crippen LogP) is 3.60. The minimum atomic E-state index is -0.261. The Morgan fingerprint density at radius 3 is 3.00 bits per heavy atom. The molecular weight excluding hydrogens is 390 g/mol. The number of nitrogens with one attached hydrogen (secondary N) is 3. The molecule has 0 saturated carbocycles. The van der Waals surface area contributed by atoms with Gasteiger partial charge in [0.2, 0.25) is 0 Å². The average Bonchev–Trinajstić information content (AvgIpc) is 3.23. The topological polar surface area (TPSA) is 101 Å². The zero-order chi connectivity index (χ0) is 21.6. The second kappa shape index (κ2) is 9.70. The molecule has 2 aliphatic rings. The molecule has 0 bridgehead atoms. The molecular formula is C23H29N7O. The van der Waals surface area contributed by atoms with Crippen LogP contribution in [0, 0.1) is 6.92 Å². The maximum atomic E-state index is 13.2. The SMILES string of the molecule is CC1=CCC(n2nc(C3CCCNC3)cc2NC(=O)c2cn[nH]cccnc2C)C=C1. The van der Waals surface area contributed by atoms with E-state index in [0.29, 0.717) is 23.0 Å². The van der Waals surface area contributed by atoms with E-state index in [4.69, 9.17) is 5.10 Å². The Morgan fingerprint density at radius 2 is 2.23 bits per heavy atom. The Kier molecular flexibility index (Phi) is 6.57. The fourth-order valence-electron chi connectivity index (χ4n) is 3.92. The fraction of sp³-hybridized carbons (Fsp3) is 0.391. The molecule has 1 saturated heterocycles. The summed E-state index contributed by atoms with van der Waals surface area (Å²) in [5.41, 5.74) is 3.25. The van der Waals surface area contributed by atoms with Crippen LogP contribution in [0.1, 0.15) is 59.9 Å². The van der Waals surface area contributed by atoms with E-state index < -0.39 is 0 Å². The number of hydrogen-bond donors (Lipinski definition) is 3. The van der Waals surface area contributed by atoms with Gasteiger partial charge in [-0.15, -0.1) is 0 Å². The predicted molar refractivity (Wildman–Crippen MR) is 120 cm³/mol. The number of allylic oxidation sites excluding steroid dienone is 4. The Balaban J connectivity index is 1.67. The van der Waals surface area contributed by atoms with E-state index in [9.17, 15) is 4.79 Å². The standard InChI is InChI=1S/C23H29N7O/c1-16-6-8-19(9-7-16)30-22(13-21(29-30)18-5-3-10-24-14-18)28-23(31)20-15-27-26-12-4-11-25-17(20)2/h4,6-8,11-13,15,18-19,24,26H,3,5,9-10,14H2,1-2H3,(H,28,31). The lowest BCUT2D eigenvalue weighted by Gasteiger charge is -2.21. The van der Waals surface area contributed by atoms with Gasteiger partial charge in [0, 0.05) is 30.9 Å². The summed E-state index contributed by atoms with van der Waals surface area (Å²) in [5.74, 6) is 0.780. The van der Waals surface area contributed by atoms with Gasteiger partial charge in [0.15, 0.2) is 0 Å². The first kappa shape index (κ1) is 21.0. The summed E-state index contributed by atoms with van der Waals surface area (Å²) >= 11 is 0. The molecule has 1 aliphatic heterocycles. The van der Waals surface area contributed by atoms with E-state index in [2.05, 4.69) is 51.0 Å². The number of aromatic nitrogens is 5. The summed E-state index contributed by atoms with van der Waals surface area (Å²) in [4.78, 5) is 17.5. The van der Waals surface area contributed by atoms with E-state index in [1.54, 1.807) is 25.4 Å². The first-order chi connectivity index (χ1) is 15.1. The van der Waals surface area contributed by atoms with E-state index in [1.165, 1.54) is 11.8 Å². The third-order valence-corrected chi connectivity index (χ3v) is 5.72. The lowest BCUT2D eigenvalue weighted by atomic mass is 9.96. The Labute approximate surface area is 182 Å². The van der Waals surface area contributed by atoms with Gasteiger partial charge in [-0.25, -0.2) is 4.68 Å². The highest BCUT2D eigenvalue weighted by atomic mass is 16.1. The van der Waals surface area contributed by atoms with Crippen LogP contribution < -0.4 is 10.6 Å². The van der Waals surface area contributed by atoms with E-state index >= 15 is 0 Å². The molecule has 8 nitrogen and oxygen atoms in total. The van der Waals surface area contributed by atoms with Crippen molar-refractivity contribution in [2.75, 3.05) is 18.4 Å². The van der Waals surface area contributed by atoms with Gasteiger partial charge in [-0.05, 0) is 45.7 Å². The van der Waals surface area contributed by atoms with Gasteiger partial charge in [-0.1, -0.05) is 23.8 Å². The zero-order valence-electron chi connectivity index (χ0n) is 18.0. The molecule has 1 aliphatic carbocycles. The molecule has 3 N–H and O–H groups in total. The summed E-state index contributed by atoms with van der Waals surface area (Å²) in [6.07, 6.45) is 14.3. The number of rotatable bonds is 4. The molecule has 2 unspecified atom stereocenters. The van der Waals surface area contributed by atoms with Crippen molar-refractivity contribution in [3.63, 3.8) is 0 Å². The van der Waals surface area contributed by atoms with Crippen molar-refractivity contribution < 1.29 is 4.79 Å². The third-order valence-electron chi connectivity index (χ3n) is 5.72. The van der Waals surface area contributed by atoms with Gasteiger partial charge in [0.25, 0.3) is 5.91 Å². The number of anilines is 1. The van der Waals surface area contributed by atoms with Crippen LogP contribution in [0.25, 0.3) is 0 Å². The van der Waals surface area contributed by atoms with Gasteiger partial charge < -0.3 is 10.6 Å². The number of carbonyl (C=O) groups excluding carboxylic acids is 1. The fourth-order valence-corrected chi connectivity index (χ4v) is 3.92. The van der Waals surface area contributed by atoms with Crippen LogP contribution in [-0.2, 0) is 0 Å². The van der Waals surface area contributed by atoms with Crippen LogP contribution in [0.2, 0.25) is 0 Å². The first-order valence-corrected chi connectivity index (χ1v) is 10.8. The molecule has 1 amide bonds. The maximum Gasteiger partial charge on any atom is 0.260 e. The number of hydrogen-bond acceptors (Lipinski definition) is 5. The number of piperidine rings is 1. The van der Waals surface area contributed by atoms with Crippen LogP contribution in [-0.4, -0.2) is 44.0 Å². The molecule has 8 heteroatoms. The third kappa shape index (κ3) is 5.08. The minimum absolute atomic E-state index is 0.0671. The molecule has 31 heavy (non-hydrogen) atoms. The number of H-pyrrole nitrogens is 1. The number of carbonyl (C=O) groups is 1. The van der Waals surface area contributed by atoms with Crippen molar-refractivity contribution in [3.05, 3.63) is 71.5 Å². The van der Waals surface area contributed by atoms with E-state index in [-0.39, 0.29) is 11.9 Å². The molecule has 0 aromatic carbocycles. The molecule has 0 radical (unpaired) electrons. The molecule has 1 fully saturated rings. The zero-order valence-corrected chi connectivity index (χ0v) is 18.0. The van der Waals surface area contributed by atoms with Gasteiger partial charge >= 0.3 is 0 Å². The summed E-state index contributed by atoms with van der Waals surface area (Å²) in [6, 6.07) is 3.81. The summed E-state index contributed by atoms with van der Waals surface area (Å²) in [6.45, 7) is 5.85. The largest absolute Gasteiger partial charge is 0.316 e. The summed E-state index contributed by atoms with van der Waals surface area (Å²) in [5, 5.41) is 18.3. The van der Waals surface area contributed by atoms with Gasteiger partial charge in [-0.2, -0.15) is 10.2 Å². The van der Waals surface area contributed by atoms with E-state index in [1.807, 2.05) is 10.7 Å². The van der Waals surface area contributed by atoms with Crippen LogP contribution in [0.3, 0.4) is 0 Å². The number of aryl methyl sites for hydroxylation is 1. The minimum Gasteiger partial charge on any atom is -0.316 e. The van der Waals surface area contributed by atoms with Gasteiger partial charge in [0.05, 0.1) is 29.2 Å². The number of amides is 1. The molecule has 2 aromatic rings. The maximum absolute atomic E-state index is 13.2. The lowest BCUT2D eigenvalue weighted by Crippen LogP contribution is -2.28. The van der Waals surface area contributed by atoms with Gasteiger partial charge in [0.1, 0.15) is 5.82 Å². The summed E-state index contributed by atoms with van der Waals surface area (Å²) in [7, 11) is 0. The monoisotopic (exact) mass is 419 g/mol. The van der Waals surface area contributed by atoms with Crippen LogP contribution >= 0.6 is 0 Å².